The molecule has 2 rings (SSSR count). The van der Waals surface area contributed by atoms with Crippen LogP contribution in [0, 0.1) is 13.8 Å². The van der Waals surface area contributed by atoms with Gasteiger partial charge in [-0.2, -0.15) is 0 Å². The molecule has 0 bridgehead atoms. The molecule has 0 aromatic carbocycles. The number of anilines is 1. The third-order valence-corrected chi connectivity index (χ3v) is 4.95. The number of sulfonamides is 1. The zero-order valence-electron chi connectivity index (χ0n) is 10.7. The van der Waals surface area contributed by atoms with Crippen LogP contribution in [-0.4, -0.2) is 31.7 Å². The molecular weight excluding hydrogens is 250 g/mol. The Morgan fingerprint density at radius 2 is 2.17 bits per heavy atom. The monoisotopic (exact) mass is 269 g/mol. The number of rotatable bonds is 3. The molecule has 1 fully saturated rings. The maximum atomic E-state index is 12.2. The molecule has 100 valence electrons. The van der Waals surface area contributed by atoms with Crippen molar-refractivity contribution in [3.05, 3.63) is 23.5 Å². The summed E-state index contributed by atoms with van der Waals surface area (Å²) >= 11 is 0. The molecule has 1 atom stereocenters. The molecular formula is C12H19N3O2S. The molecule has 2 N–H and O–H groups in total. The van der Waals surface area contributed by atoms with Crippen molar-refractivity contribution in [2.24, 2.45) is 0 Å². The molecule has 0 amide bonds. The van der Waals surface area contributed by atoms with Gasteiger partial charge in [-0.05, 0) is 45.4 Å². The van der Waals surface area contributed by atoms with E-state index in [4.69, 9.17) is 0 Å². The Balaban J connectivity index is 2.16. The summed E-state index contributed by atoms with van der Waals surface area (Å²) in [4.78, 5) is 4.26. The highest BCUT2D eigenvalue weighted by Gasteiger charge is 2.27. The second kappa shape index (κ2) is 5.24. The Kier molecular flexibility index (Phi) is 3.87. The van der Waals surface area contributed by atoms with Crippen LogP contribution in [0.5, 0.6) is 0 Å². The van der Waals surface area contributed by atoms with Gasteiger partial charge in [-0.25, -0.2) is 8.42 Å². The number of nitrogens with zero attached hydrogens (tertiary/aromatic N) is 1. The molecule has 0 spiro atoms. The van der Waals surface area contributed by atoms with Crippen LogP contribution < -0.4 is 10.0 Å². The summed E-state index contributed by atoms with van der Waals surface area (Å²) in [6, 6.07) is 3.58. The van der Waals surface area contributed by atoms with Crippen LogP contribution in [0.15, 0.2) is 12.1 Å². The number of hydrogen-bond donors (Lipinski definition) is 2. The molecule has 1 aliphatic heterocycles. The van der Waals surface area contributed by atoms with Gasteiger partial charge in [0.25, 0.3) is 0 Å². The van der Waals surface area contributed by atoms with Gasteiger partial charge in [0.2, 0.25) is 10.0 Å². The van der Waals surface area contributed by atoms with Crippen molar-refractivity contribution in [3.63, 3.8) is 0 Å². The predicted molar refractivity (Wildman–Crippen MR) is 72.1 cm³/mol. The number of nitrogens with one attached hydrogen (secondary N) is 2. The minimum absolute atomic E-state index is 0.355. The van der Waals surface area contributed by atoms with Crippen molar-refractivity contribution < 1.29 is 8.42 Å². The Labute approximate surface area is 108 Å². The molecule has 1 aromatic rings. The van der Waals surface area contributed by atoms with Gasteiger partial charge in [-0.1, -0.05) is 0 Å². The van der Waals surface area contributed by atoms with Gasteiger partial charge in [-0.15, -0.1) is 0 Å². The molecule has 0 saturated carbocycles. The van der Waals surface area contributed by atoms with Crippen molar-refractivity contribution in [2.45, 2.75) is 31.9 Å². The Morgan fingerprint density at radius 3 is 2.78 bits per heavy atom. The minimum Gasteiger partial charge on any atom is -0.315 e. The summed E-state index contributed by atoms with van der Waals surface area (Å²) in [5.41, 5.74) is 2.17. The lowest BCUT2D eigenvalue weighted by Gasteiger charge is -2.23. The summed E-state index contributed by atoms with van der Waals surface area (Å²) in [7, 11) is -3.32. The SMILES string of the molecule is Cc1ccc(NS(=O)(=O)C2CCCNC2)c(C)n1. The molecule has 1 unspecified atom stereocenters. The smallest absolute Gasteiger partial charge is 0.236 e. The van der Waals surface area contributed by atoms with E-state index in [1.165, 1.54) is 0 Å². The van der Waals surface area contributed by atoms with Crippen molar-refractivity contribution in [3.8, 4) is 0 Å². The van der Waals surface area contributed by atoms with Gasteiger partial charge >= 0.3 is 0 Å². The van der Waals surface area contributed by atoms with Gasteiger partial charge in [0.1, 0.15) is 0 Å². The van der Waals surface area contributed by atoms with E-state index in [0.29, 0.717) is 24.3 Å². The molecule has 1 aliphatic rings. The van der Waals surface area contributed by atoms with E-state index >= 15 is 0 Å². The Bertz CT molecular complexity index is 522. The molecule has 5 nitrogen and oxygen atoms in total. The maximum Gasteiger partial charge on any atom is 0.236 e. The van der Waals surface area contributed by atoms with E-state index in [2.05, 4.69) is 15.0 Å². The largest absolute Gasteiger partial charge is 0.315 e. The highest BCUT2D eigenvalue weighted by molar-refractivity contribution is 7.93. The first-order valence-electron chi connectivity index (χ1n) is 6.15. The summed E-state index contributed by atoms with van der Waals surface area (Å²) in [5.74, 6) is 0. The van der Waals surface area contributed by atoms with E-state index in [1.54, 1.807) is 6.07 Å². The first kappa shape index (κ1) is 13.3. The lowest BCUT2D eigenvalue weighted by Crippen LogP contribution is -2.41. The summed E-state index contributed by atoms with van der Waals surface area (Å²) < 4.78 is 27.1. The summed E-state index contributed by atoms with van der Waals surface area (Å²) in [6.07, 6.45) is 1.61. The fraction of sp³-hybridized carbons (Fsp3) is 0.583. The first-order chi connectivity index (χ1) is 8.49. The fourth-order valence-electron chi connectivity index (χ4n) is 2.12. The standard InChI is InChI=1S/C12H19N3O2S/c1-9-5-6-12(10(2)14-9)15-18(16,17)11-4-3-7-13-8-11/h5-6,11,13,15H,3-4,7-8H2,1-2H3. The summed E-state index contributed by atoms with van der Waals surface area (Å²) in [6.45, 7) is 5.12. The first-order valence-corrected chi connectivity index (χ1v) is 7.70. The van der Waals surface area contributed by atoms with Crippen LogP contribution in [0.1, 0.15) is 24.2 Å². The Hall–Kier alpha value is -1.14. The van der Waals surface area contributed by atoms with Crippen molar-refractivity contribution in [2.75, 3.05) is 17.8 Å². The number of hydrogen-bond acceptors (Lipinski definition) is 4. The average Bonchev–Trinajstić information content (AvgIpc) is 2.34. The maximum absolute atomic E-state index is 12.2. The molecule has 2 heterocycles. The van der Waals surface area contributed by atoms with Crippen LogP contribution >= 0.6 is 0 Å². The number of aryl methyl sites for hydroxylation is 2. The number of aromatic nitrogens is 1. The van der Waals surface area contributed by atoms with Crippen molar-refractivity contribution >= 4 is 15.7 Å². The van der Waals surface area contributed by atoms with Crippen LogP contribution in [0.25, 0.3) is 0 Å². The van der Waals surface area contributed by atoms with E-state index in [0.717, 1.165) is 18.7 Å². The fourth-order valence-corrected chi connectivity index (χ4v) is 3.62. The zero-order valence-corrected chi connectivity index (χ0v) is 11.5. The lowest BCUT2D eigenvalue weighted by molar-refractivity contribution is 0.499. The lowest BCUT2D eigenvalue weighted by atomic mass is 10.2. The normalized spacial score (nSPS) is 20.7. The van der Waals surface area contributed by atoms with E-state index in [9.17, 15) is 8.42 Å². The van der Waals surface area contributed by atoms with E-state index in [-0.39, 0.29) is 5.25 Å². The Morgan fingerprint density at radius 1 is 1.39 bits per heavy atom. The van der Waals surface area contributed by atoms with Crippen molar-refractivity contribution in [1.82, 2.24) is 10.3 Å². The molecule has 0 aliphatic carbocycles. The van der Waals surface area contributed by atoms with Gasteiger partial charge in [-0.3, -0.25) is 9.71 Å². The van der Waals surface area contributed by atoms with Crippen LogP contribution in [0.2, 0.25) is 0 Å². The third kappa shape index (κ3) is 3.00. The zero-order chi connectivity index (χ0) is 13.2. The highest BCUT2D eigenvalue weighted by Crippen LogP contribution is 2.19. The number of pyridine rings is 1. The molecule has 1 saturated heterocycles. The average molecular weight is 269 g/mol. The topological polar surface area (TPSA) is 71.1 Å². The van der Waals surface area contributed by atoms with Crippen LogP contribution in [0.3, 0.4) is 0 Å². The van der Waals surface area contributed by atoms with Gasteiger partial charge in [0, 0.05) is 12.2 Å². The van der Waals surface area contributed by atoms with Gasteiger partial charge in [0.15, 0.2) is 0 Å². The summed E-state index contributed by atoms with van der Waals surface area (Å²) in [5, 5.41) is 2.76. The van der Waals surface area contributed by atoms with Gasteiger partial charge < -0.3 is 5.32 Å². The molecule has 0 radical (unpaired) electrons. The molecule has 6 heteroatoms. The van der Waals surface area contributed by atoms with E-state index < -0.39 is 10.0 Å². The molecule has 18 heavy (non-hydrogen) atoms. The van der Waals surface area contributed by atoms with Crippen LogP contribution in [0.4, 0.5) is 5.69 Å². The number of piperidine rings is 1. The third-order valence-electron chi connectivity index (χ3n) is 3.17. The second-order valence-corrected chi connectivity index (χ2v) is 6.66. The minimum atomic E-state index is -3.32. The van der Waals surface area contributed by atoms with Crippen LogP contribution in [-0.2, 0) is 10.0 Å². The second-order valence-electron chi connectivity index (χ2n) is 4.70. The van der Waals surface area contributed by atoms with Gasteiger partial charge in [0.05, 0.1) is 16.6 Å². The van der Waals surface area contributed by atoms with E-state index in [1.807, 2.05) is 19.9 Å². The highest BCUT2D eigenvalue weighted by atomic mass is 32.2. The van der Waals surface area contributed by atoms with Crippen molar-refractivity contribution in [1.29, 1.82) is 0 Å². The molecule has 1 aromatic heterocycles. The quantitative estimate of drug-likeness (QED) is 0.864. The predicted octanol–water partition coefficient (Wildman–Crippen LogP) is 1.19.